The first-order chi connectivity index (χ1) is 15.4. The van der Waals surface area contributed by atoms with Crippen molar-refractivity contribution in [3.63, 3.8) is 0 Å². The number of aliphatic hydroxyl groups excluding tert-OH is 1. The number of aromatic nitrogens is 2. The Morgan fingerprint density at radius 2 is 2.18 bits per heavy atom. The summed E-state index contributed by atoms with van der Waals surface area (Å²) in [5.74, 6) is 0.127. The molecule has 3 rings (SSSR count). The number of aliphatic hydroxyl groups is 1. The van der Waals surface area contributed by atoms with Gasteiger partial charge in [0.25, 0.3) is 5.56 Å². The molecule has 2 N–H and O–H groups in total. The minimum atomic E-state index is -4.11. The van der Waals surface area contributed by atoms with Gasteiger partial charge in [0.05, 0.1) is 25.2 Å². The Labute approximate surface area is 192 Å². The smallest absolute Gasteiger partial charge is 0.395 e. The molecule has 0 aliphatic carbocycles. The van der Waals surface area contributed by atoms with E-state index < -0.39 is 62.0 Å². The van der Waals surface area contributed by atoms with Gasteiger partial charge in [0, 0.05) is 18.0 Å². The molecule has 2 aliphatic heterocycles. The van der Waals surface area contributed by atoms with E-state index >= 15 is 4.39 Å². The second-order valence-electron chi connectivity index (χ2n) is 8.28. The van der Waals surface area contributed by atoms with Crippen LogP contribution < -0.4 is 11.2 Å². The second-order valence-corrected chi connectivity index (χ2v) is 11.0. The fourth-order valence-corrected chi connectivity index (χ4v) is 5.20. The predicted molar refractivity (Wildman–Crippen MR) is 113 cm³/mol. The van der Waals surface area contributed by atoms with E-state index in [-0.39, 0.29) is 24.1 Å². The molecule has 0 radical (unpaired) electrons. The highest BCUT2D eigenvalue weighted by Crippen LogP contribution is 2.53. The molecule has 0 saturated carbocycles. The van der Waals surface area contributed by atoms with Crippen LogP contribution in [0, 0.1) is 5.41 Å². The molecule has 5 atom stereocenters. The number of halogens is 1. The van der Waals surface area contributed by atoms with Crippen molar-refractivity contribution in [2.24, 2.45) is 5.41 Å². The number of carbonyl (C=O) groups excluding carboxylic acids is 1. The van der Waals surface area contributed by atoms with Gasteiger partial charge in [-0.2, -0.15) is 0 Å². The molecule has 2 saturated heterocycles. The van der Waals surface area contributed by atoms with E-state index in [0.29, 0.717) is 0 Å². The zero-order chi connectivity index (χ0) is 24.4. The van der Waals surface area contributed by atoms with E-state index in [1.165, 1.54) is 6.92 Å². The molecule has 0 amide bonds. The summed E-state index contributed by atoms with van der Waals surface area (Å²) in [4.78, 5) is 37.4. The van der Waals surface area contributed by atoms with Gasteiger partial charge in [0.1, 0.15) is 12.2 Å². The van der Waals surface area contributed by atoms with Gasteiger partial charge in [0.15, 0.2) is 23.8 Å². The number of phosphoric acid groups is 1. The number of nitrogens with zero attached hydrogens (tertiary/aromatic N) is 1. The Morgan fingerprint density at radius 1 is 1.45 bits per heavy atom. The molecule has 3 heterocycles. The van der Waals surface area contributed by atoms with Crippen LogP contribution in [0.3, 0.4) is 0 Å². The van der Waals surface area contributed by atoms with Gasteiger partial charge >= 0.3 is 13.5 Å². The van der Waals surface area contributed by atoms with Crippen molar-refractivity contribution in [2.45, 2.75) is 44.9 Å². The average molecular weight is 512 g/mol. The topological polar surface area (TPSA) is 155 Å². The Hall–Kier alpha value is -1.38. The molecule has 12 nitrogen and oxygen atoms in total. The molecular formula is C18H26FN2O10PS. The zero-order valence-electron chi connectivity index (χ0n) is 18.2. The summed E-state index contributed by atoms with van der Waals surface area (Å²) in [5.41, 5.74) is -4.66. The number of thioether (sulfide) groups is 1. The molecule has 2 unspecified atom stereocenters. The van der Waals surface area contributed by atoms with Crippen LogP contribution in [0.2, 0.25) is 0 Å². The standard InChI is InChI=1S/C18H26FN2O10PS/c1-17(2,9-22)15(24)33-7-6-28-32(26)29-8-11-13(27-10-30-32)18(3,19)14(31-11)21-5-4-12(23)20-16(21)25/h4-5,11,13-14,22H,6-10H2,1-3H3,(H,20,23,25)/t11-,13?,14-,18+,32?/m1/s1. The number of hydrogen-bond acceptors (Lipinski definition) is 11. The Bertz CT molecular complexity index is 1030. The van der Waals surface area contributed by atoms with Gasteiger partial charge in [-0.3, -0.25) is 32.7 Å². The number of nitrogens with one attached hydrogen (secondary N) is 1. The molecular weight excluding hydrogens is 486 g/mol. The summed E-state index contributed by atoms with van der Waals surface area (Å²) in [5, 5.41) is 8.96. The van der Waals surface area contributed by atoms with Crippen molar-refractivity contribution in [1.29, 1.82) is 0 Å². The number of rotatable bonds is 7. The maximum atomic E-state index is 15.6. The van der Waals surface area contributed by atoms with Gasteiger partial charge in [0.2, 0.25) is 0 Å². The maximum Gasteiger partial charge on any atom is 0.477 e. The lowest BCUT2D eigenvalue weighted by Crippen LogP contribution is -2.46. The van der Waals surface area contributed by atoms with Crippen LogP contribution in [0.25, 0.3) is 0 Å². The third kappa shape index (κ3) is 5.82. The molecule has 0 spiro atoms. The molecule has 33 heavy (non-hydrogen) atoms. The van der Waals surface area contributed by atoms with Crippen molar-refractivity contribution in [2.75, 3.05) is 32.4 Å². The number of H-pyrrole nitrogens is 1. The van der Waals surface area contributed by atoms with E-state index in [9.17, 15) is 24.1 Å². The average Bonchev–Trinajstić information content (AvgIpc) is 2.98. The summed E-state index contributed by atoms with van der Waals surface area (Å²) >= 11 is 0.901. The number of phosphoric ester groups is 1. The van der Waals surface area contributed by atoms with E-state index in [0.717, 1.165) is 28.6 Å². The van der Waals surface area contributed by atoms with E-state index in [1.54, 1.807) is 13.8 Å². The lowest BCUT2D eigenvalue weighted by atomic mass is 9.97. The molecule has 2 aliphatic rings. The Balaban J connectivity index is 1.62. The largest absolute Gasteiger partial charge is 0.477 e. The van der Waals surface area contributed by atoms with Crippen LogP contribution in [0.1, 0.15) is 27.0 Å². The first kappa shape index (κ1) is 26.2. The Kier molecular flexibility index (Phi) is 8.01. The molecule has 15 heteroatoms. The Morgan fingerprint density at radius 3 is 2.85 bits per heavy atom. The number of aromatic amines is 1. The predicted octanol–water partition coefficient (Wildman–Crippen LogP) is 0.955. The van der Waals surface area contributed by atoms with E-state index in [2.05, 4.69) is 0 Å². The first-order valence-corrected chi connectivity index (χ1v) is 12.4. The molecule has 0 bridgehead atoms. The van der Waals surface area contributed by atoms with Crippen molar-refractivity contribution in [1.82, 2.24) is 9.55 Å². The monoisotopic (exact) mass is 512 g/mol. The highest BCUT2D eigenvalue weighted by molar-refractivity contribution is 8.13. The van der Waals surface area contributed by atoms with Crippen LogP contribution >= 0.6 is 19.6 Å². The fraction of sp³-hybridized carbons (Fsp3) is 0.722. The van der Waals surface area contributed by atoms with Crippen LogP contribution in [0.4, 0.5) is 4.39 Å². The van der Waals surface area contributed by atoms with Crippen LogP contribution in [-0.4, -0.2) is 70.0 Å². The minimum Gasteiger partial charge on any atom is -0.395 e. The summed E-state index contributed by atoms with van der Waals surface area (Å²) in [6.07, 6.45) is -2.64. The third-order valence-corrected chi connectivity index (χ3v) is 7.72. The lowest BCUT2D eigenvalue weighted by Gasteiger charge is -2.30. The van der Waals surface area contributed by atoms with E-state index in [4.69, 9.17) is 23.0 Å². The van der Waals surface area contributed by atoms with Gasteiger partial charge in [-0.25, -0.2) is 13.8 Å². The van der Waals surface area contributed by atoms with Crippen molar-refractivity contribution < 1.29 is 41.9 Å². The third-order valence-electron chi connectivity index (χ3n) is 5.15. The molecule has 0 aromatic carbocycles. The van der Waals surface area contributed by atoms with Crippen LogP contribution in [0.15, 0.2) is 21.9 Å². The maximum absolute atomic E-state index is 15.6. The summed E-state index contributed by atoms with van der Waals surface area (Å²) in [6, 6.07) is 1.05. The summed E-state index contributed by atoms with van der Waals surface area (Å²) < 4.78 is 55.8. The first-order valence-electron chi connectivity index (χ1n) is 9.99. The summed E-state index contributed by atoms with van der Waals surface area (Å²) in [7, 11) is -4.11. The van der Waals surface area contributed by atoms with Gasteiger partial charge in [-0.1, -0.05) is 11.8 Å². The quantitative estimate of drug-likeness (QED) is 0.396. The minimum absolute atomic E-state index is 0.127. The van der Waals surface area contributed by atoms with Crippen LogP contribution in [0.5, 0.6) is 0 Å². The fourth-order valence-electron chi connectivity index (χ4n) is 3.21. The van der Waals surface area contributed by atoms with Crippen molar-refractivity contribution in [3.8, 4) is 0 Å². The SMILES string of the molecule is CC(C)(CO)C(=O)SCCOP1(=O)OCOC2[C@@H](CO1)O[C@@H](n1ccc(=O)[nH]c1=O)[C@@]2(C)F. The molecule has 2 fully saturated rings. The number of fused-ring (bicyclic) bond motifs is 1. The number of hydrogen-bond donors (Lipinski definition) is 2. The van der Waals surface area contributed by atoms with Crippen molar-refractivity contribution in [3.05, 3.63) is 33.1 Å². The lowest BCUT2D eigenvalue weighted by molar-refractivity contribution is -0.129. The van der Waals surface area contributed by atoms with Gasteiger partial charge in [-0.15, -0.1) is 0 Å². The molecule has 186 valence electrons. The van der Waals surface area contributed by atoms with Crippen LogP contribution in [-0.2, 0) is 32.4 Å². The molecule has 1 aromatic rings. The van der Waals surface area contributed by atoms with Gasteiger partial charge in [-0.05, 0) is 20.8 Å². The highest BCUT2D eigenvalue weighted by Gasteiger charge is 2.58. The number of alkyl halides is 1. The zero-order valence-corrected chi connectivity index (χ0v) is 19.9. The number of carbonyl (C=O) groups is 1. The highest BCUT2D eigenvalue weighted by atomic mass is 32.2. The second kappa shape index (κ2) is 10.1. The van der Waals surface area contributed by atoms with Gasteiger partial charge < -0.3 is 14.6 Å². The summed E-state index contributed by atoms with van der Waals surface area (Å²) in [6.45, 7) is 2.80. The molecule has 1 aromatic heterocycles. The number of ether oxygens (including phenoxy) is 2. The van der Waals surface area contributed by atoms with E-state index in [1.807, 2.05) is 4.98 Å². The normalized spacial score (nSPS) is 32.7. The van der Waals surface area contributed by atoms with Crippen molar-refractivity contribution >= 4 is 24.7 Å².